The first kappa shape index (κ1) is 11.9. The molecule has 0 atom stereocenters. The van der Waals surface area contributed by atoms with E-state index in [9.17, 15) is 0 Å². The lowest BCUT2D eigenvalue weighted by Crippen LogP contribution is -1.95. The molecule has 0 unspecified atom stereocenters. The van der Waals surface area contributed by atoms with E-state index in [2.05, 4.69) is 26.2 Å². The van der Waals surface area contributed by atoms with E-state index >= 15 is 0 Å². The molecule has 1 aromatic carbocycles. The fourth-order valence-electron chi connectivity index (χ4n) is 1.26. The summed E-state index contributed by atoms with van der Waals surface area (Å²) in [6.45, 7) is 0. The van der Waals surface area contributed by atoms with Crippen molar-refractivity contribution in [1.82, 2.24) is 4.98 Å². The second-order valence-electron chi connectivity index (χ2n) is 3.30. The van der Waals surface area contributed by atoms with Crippen molar-refractivity contribution in [2.24, 2.45) is 0 Å². The molecule has 2 aromatic rings. The molecule has 3 nitrogen and oxygen atoms in total. The van der Waals surface area contributed by atoms with E-state index in [1.54, 1.807) is 18.2 Å². The maximum atomic E-state index is 8.73. The van der Waals surface area contributed by atoms with Crippen LogP contribution in [0.15, 0.2) is 41.0 Å². The summed E-state index contributed by atoms with van der Waals surface area (Å²) in [7, 11) is 0. The zero-order chi connectivity index (χ0) is 12.3. The van der Waals surface area contributed by atoms with Gasteiger partial charge in [-0.15, -0.1) is 0 Å². The highest BCUT2D eigenvalue weighted by Crippen LogP contribution is 2.24. The minimum Gasteiger partial charge on any atom is -0.339 e. The average Bonchev–Trinajstić information content (AvgIpc) is 2.34. The molecule has 17 heavy (non-hydrogen) atoms. The number of rotatable bonds is 2. The molecule has 0 aliphatic rings. The fourth-order valence-corrected chi connectivity index (χ4v) is 1.84. The highest BCUT2D eigenvalue weighted by atomic mass is 79.9. The number of hydrogen-bond acceptors (Lipinski definition) is 3. The van der Waals surface area contributed by atoms with Crippen molar-refractivity contribution in [1.29, 1.82) is 5.26 Å². The summed E-state index contributed by atoms with van der Waals surface area (Å²) in [4.78, 5) is 4.15. The van der Waals surface area contributed by atoms with Crippen LogP contribution in [0.25, 0.3) is 0 Å². The van der Waals surface area contributed by atoms with Gasteiger partial charge >= 0.3 is 0 Å². The standard InChI is InChI=1S/C12H7BrClN3/c13-11-5-8(6-15)7-16-12(11)17-10-3-1-9(14)2-4-10/h1-5,7H,(H,16,17). The maximum Gasteiger partial charge on any atom is 0.144 e. The number of halogens is 2. The summed E-state index contributed by atoms with van der Waals surface area (Å²) in [5.74, 6) is 0.659. The fraction of sp³-hybridized carbons (Fsp3) is 0. The molecule has 5 heteroatoms. The first-order chi connectivity index (χ1) is 8.19. The topological polar surface area (TPSA) is 48.7 Å². The highest BCUT2D eigenvalue weighted by Gasteiger charge is 2.03. The number of aromatic nitrogens is 1. The summed E-state index contributed by atoms with van der Waals surface area (Å²) < 4.78 is 0.742. The third kappa shape index (κ3) is 2.96. The molecular formula is C12H7BrClN3. The third-order valence-electron chi connectivity index (χ3n) is 2.08. The number of pyridine rings is 1. The van der Waals surface area contributed by atoms with Crippen molar-refractivity contribution in [2.45, 2.75) is 0 Å². The molecule has 0 aliphatic heterocycles. The van der Waals surface area contributed by atoms with Crippen molar-refractivity contribution in [2.75, 3.05) is 5.32 Å². The van der Waals surface area contributed by atoms with Crippen LogP contribution >= 0.6 is 27.5 Å². The van der Waals surface area contributed by atoms with E-state index in [1.807, 2.05) is 18.2 Å². The molecule has 1 N–H and O–H groups in total. The molecule has 0 bridgehead atoms. The van der Waals surface area contributed by atoms with Gasteiger partial charge in [0.1, 0.15) is 11.9 Å². The smallest absolute Gasteiger partial charge is 0.144 e. The van der Waals surface area contributed by atoms with Gasteiger partial charge in [-0.1, -0.05) is 11.6 Å². The lowest BCUT2D eigenvalue weighted by molar-refractivity contribution is 1.27. The minimum atomic E-state index is 0.513. The van der Waals surface area contributed by atoms with Crippen LogP contribution in [0.2, 0.25) is 5.02 Å². The largest absolute Gasteiger partial charge is 0.339 e. The Kier molecular flexibility index (Phi) is 3.62. The zero-order valence-electron chi connectivity index (χ0n) is 8.61. The molecule has 0 saturated heterocycles. The Morgan fingerprint density at radius 2 is 2.00 bits per heavy atom. The van der Waals surface area contributed by atoms with E-state index in [-0.39, 0.29) is 0 Å². The number of nitriles is 1. The SMILES string of the molecule is N#Cc1cnc(Nc2ccc(Cl)cc2)c(Br)c1. The zero-order valence-corrected chi connectivity index (χ0v) is 11.0. The van der Waals surface area contributed by atoms with Gasteiger partial charge in [0, 0.05) is 16.9 Å². The number of anilines is 2. The van der Waals surface area contributed by atoms with Gasteiger partial charge < -0.3 is 5.32 Å². The Labute approximate surface area is 112 Å². The van der Waals surface area contributed by atoms with E-state index in [0.29, 0.717) is 16.4 Å². The summed E-state index contributed by atoms with van der Waals surface area (Å²) in [5.41, 5.74) is 1.39. The van der Waals surface area contributed by atoms with Gasteiger partial charge in [0.05, 0.1) is 10.0 Å². The van der Waals surface area contributed by atoms with Gasteiger partial charge in [-0.2, -0.15) is 5.26 Å². The van der Waals surface area contributed by atoms with Gasteiger partial charge in [0.25, 0.3) is 0 Å². The molecule has 0 aliphatic carbocycles. The van der Waals surface area contributed by atoms with Crippen LogP contribution in [0.1, 0.15) is 5.56 Å². The summed E-state index contributed by atoms with van der Waals surface area (Å²) in [6, 6.07) is 11.0. The molecule has 0 amide bonds. The molecule has 0 spiro atoms. The Hall–Kier alpha value is -1.57. The van der Waals surface area contributed by atoms with Crippen molar-refractivity contribution >= 4 is 39.0 Å². The Balaban J connectivity index is 2.25. The van der Waals surface area contributed by atoms with Crippen LogP contribution in [0, 0.1) is 11.3 Å². The number of nitrogens with zero attached hydrogens (tertiary/aromatic N) is 2. The Bertz CT molecular complexity index is 575. The van der Waals surface area contributed by atoms with Crippen LogP contribution in [-0.4, -0.2) is 4.98 Å². The molecule has 2 rings (SSSR count). The van der Waals surface area contributed by atoms with Crippen LogP contribution in [0.3, 0.4) is 0 Å². The van der Waals surface area contributed by atoms with Gasteiger partial charge in [-0.05, 0) is 46.3 Å². The van der Waals surface area contributed by atoms with Crippen LogP contribution in [-0.2, 0) is 0 Å². The summed E-state index contributed by atoms with van der Waals surface area (Å²) in [5, 5.41) is 12.5. The van der Waals surface area contributed by atoms with Gasteiger partial charge in [0.2, 0.25) is 0 Å². The molecule has 1 heterocycles. The normalized spacial score (nSPS) is 9.71. The lowest BCUT2D eigenvalue weighted by atomic mass is 10.3. The molecule has 0 saturated carbocycles. The third-order valence-corrected chi connectivity index (χ3v) is 2.93. The number of hydrogen-bond donors (Lipinski definition) is 1. The van der Waals surface area contributed by atoms with Crippen LogP contribution < -0.4 is 5.32 Å². The van der Waals surface area contributed by atoms with Gasteiger partial charge in [0.15, 0.2) is 0 Å². The first-order valence-electron chi connectivity index (χ1n) is 4.77. The van der Waals surface area contributed by atoms with Crippen molar-refractivity contribution in [3.05, 3.63) is 51.6 Å². The lowest BCUT2D eigenvalue weighted by Gasteiger charge is -2.07. The monoisotopic (exact) mass is 307 g/mol. The van der Waals surface area contributed by atoms with Crippen molar-refractivity contribution in [3.63, 3.8) is 0 Å². The van der Waals surface area contributed by atoms with Crippen LogP contribution in [0.4, 0.5) is 11.5 Å². The van der Waals surface area contributed by atoms with E-state index < -0.39 is 0 Å². The molecule has 0 fully saturated rings. The predicted molar refractivity (Wildman–Crippen MR) is 71.4 cm³/mol. The van der Waals surface area contributed by atoms with E-state index in [4.69, 9.17) is 16.9 Å². The summed E-state index contributed by atoms with van der Waals surface area (Å²) >= 11 is 9.15. The quantitative estimate of drug-likeness (QED) is 0.908. The van der Waals surface area contributed by atoms with E-state index in [1.165, 1.54) is 6.20 Å². The predicted octanol–water partition coefficient (Wildman–Crippen LogP) is 4.11. The van der Waals surface area contributed by atoms with Crippen LogP contribution in [0.5, 0.6) is 0 Å². The second-order valence-corrected chi connectivity index (χ2v) is 4.59. The molecule has 0 radical (unpaired) electrons. The Morgan fingerprint density at radius 1 is 1.29 bits per heavy atom. The molecule has 84 valence electrons. The Morgan fingerprint density at radius 3 is 2.59 bits per heavy atom. The number of nitrogens with one attached hydrogen (secondary N) is 1. The van der Waals surface area contributed by atoms with Gasteiger partial charge in [-0.3, -0.25) is 0 Å². The highest BCUT2D eigenvalue weighted by molar-refractivity contribution is 9.10. The first-order valence-corrected chi connectivity index (χ1v) is 5.94. The van der Waals surface area contributed by atoms with Gasteiger partial charge in [-0.25, -0.2) is 4.98 Å². The molecular weight excluding hydrogens is 302 g/mol. The maximum absolute atomic E-state index is 8.73. The summed E-state index contributed by atoms with van der Waals surface area (Å²) in [6.07, 6.45) is 1.52. The van der Waals surface area contributed by atoms with Crippen molar-refractivity contribution < 1.29 is 0 Å². The molecule has 1 aromatic heterocycles. The van der Waals surface area contributed by atoms with E-state index in [0.717, 1.165) is 10.2 Å². The minimum absolute atomic E-state index is 0.513. The second kappa shape index (κ2) is 5.17. The van der Waals surface area contributed by atoms with Crippen molar-refractivity contribution in [3.8, 4) is 6.07 Å². The average molecular weight is 309 g/mol. The number of benzene rings is 1.